The van der Waals surface area contributed by atoms with E-state index in [-0.39, 0.29) is 116 Å². The van der Waals surface area contributed by atoms with Gasteiger partial charge in [0, 0.05) is 102 Å². The second-order valence-electron chi connectivity index (χ2n) is 23.8. The number of rotatable bonds is 15. The predicted octanol–water partition coefficient (Wildman–Crippen LogP) is 6.24. The quantitative estimate of drug-likeness (QED) is 0.111. The number of methoxy groups -OCH3 is 1. The first-order valence-electron chi connectivity index (χ1n) is 33.1. The van der Waals surface area contributed by atoms with Gasteiger partial charge in [0.1, 0.15) is 0 Å². The molecule has 3 aromatic carbocycles. The van der Waals surface area contributed by atoms with E-state index in [2.05, 4.69) is 119 Å². The molecule has 0 spiro atoms. The van der Waals surface area contributed by atoms with Crippen LogP contribution in [-0.2, 0) is 34.5 Å². The van der Waals surface area contributed by atoms with Crippen LogP contribution < -0.4 is 34.6 Å². The normalized spacial score (nSPS) is 10.8. The Bertz CT molecular complexity index is 5810. The van der Waals surface area contributed by atoms with Crippen molar-refractivity contribution in [1.29, 1.82) is 0 Å². The van der Waals surface area contributed by atoms with Gasteiger partial charge in [-0.15, -0.1) is 0 Å². The molecular formula is C72H72Al4Ga2N28O3S+12. The first-order chi connectivity index (χ1) is 50.4. The summed E-state index contributed by atoms with van der Waals surface area (Å²) >= 11 is 0. The molecular weight excluding hydrogens is 1580 g/mol. The van der Waals surface area contributed by atoms with Crippen molar-refractivity contribution in [3.8, 4) is 62.5 Å². The van der Waals surface area contributed by atoms with Crippen LogP contribution in [0.25, 0.3) is 97.2 Å². The number of ether oxygens (including phenoxy) is 1. The molecule has 0 saturated carbocycles. The minimum Gasteiger partial charge on any atom is -0.381 e. The van der Waals surface area contributed by atoms with E-state index in [1.165, 1.54) is 6.33 Å². The molecule has 0 aliphatic carbocycles. The smallest absolute Gasteiger partial charge is 0.381 e. The van der Waals surface area contributed by atoms with Gasteiger partial charge < -0.3 is 107 Å². The van der Waals surface area contributed by atoms with Crippen LogP contribution in [0.3, 0.4) is 0 Å². The van der Waals surface area contributed by atoms with Gasteiger partial charge in [-0.3, -0.25) is 24.6 Å². The van der Waals surface area contributed by atoms with Gasteiger partial charge in [0.2, 0.25) is 10.0 Å². The van der Waals surface area contributed by atoms with E-state index >= 15 is 0 Å². The van der Waals surface area contributed by atoms with Gasteiger partial charge in [0.25, 0.3) is 0 Å². The van der Waals surface area contributed by atoms with Crippen LogP contribution in [0.5, 0.6) is 0 Å². The Labute approximate surface area is 702 Å². The van der Waals surface area contributed by atoms with Crippen molar-refractivity contribution in [2.75, 3.05) is 26.5 Å². The average Bonchev–Trinajstić information content (AvgIpc) is 1.62. The number of imidazole rings is 8. The van der Waals surface area contributed by atoms with E-state index < -0.39 is 10.0 Å². The van der Waals surface area contributed by atoms with Crippen molar-refractivity contribution in [3.63, 3.8) is 0 Å². The summed E-state index contributed by atoms with van der Waals surface area (Å²) in [6.45, 7) is 19.4. The van der Waals surface area contributed by atoms with Crippen molar-refractivity contribution in [3.05, 3.63) is 241 Å². The van der Waals surface area contributed by atoms with Crippen LogP contribution in [0.2, 0.25) is 0 Å². The van der Waals surface area contributed by atoms with Gasteiger partial charge in [-0.2, -0.15) is 0 Å². The zero-order valence-corrected chi connectivity index (χ0v) is 72.4. The maximum absolute atomic E-state index is 11.3. The molecule has 0 bridgehead atoms. The largest absolute Gasteiger partial charge is 3.00 e. The predicted molar refractivity (Wildman–Crippen MR) is 424 cm³/mol. The maximum Gasteiger partial charge on any atom is 3.00 e. The first-order valence-corrected chi connectivity index (χ1v) is 35.0. The third kappa shape index (κ3) is 21.4. The van der Waals surface area contributed by atoms with Gasteiger partial charge in [0.15, 0.2) is 0 Å². The number of nitrogens with one attached hydrogen (secondary N) is 1. The summed E-state index contributed by atoms with van der Waals surface area (Å²) in [6.07, 6.45) is 17.7. The van der Waals surface area contributed by atoms with Gasteiger partial charge in [0.05, 0.1) is 64.8 Å². The van der Waals surface area contributed by atoms with E-state index in [1.807, 2.05) is 219 Å². The summed E-state index contributed by atoms with van der Waals surface area (Å²) in [5.41, 5.74) is 14.6. The van der Waals surface area contributed by atoms with Crippen LogP contribution in [0.15, 0.2) is 189 Å². The Morgan fingerprint density at radius 2 is 1.12 bits per heavy atom. The van der Waals surface area contributed by atoms with E-state index in [1.54, 1.807) is 44.5 Å². The second-order valence-corrected chi connectivity index (χ2v) is 25.7. The fourth-order valence-corrected chi connectivity index (χ4v) is 11.6. The topological polar surface area (TPSA) is 342 Å². The maximum atomic E-state index is 11.3. The van der Waals surface area contributed by atoms with Crippen molar-refractivity contribution >= 4 is 154 Å². The third-order valence-corrected chi connectivity index (χ3v) is 16.6. The van der Waals surface area contributed by atoms with Crippen molar-refractivity contribution in [2.24, 2.45) is 0 Å². The molecule has 15 aromatic heterocycles. The zero-order chi connectivity index (χ0) is 72.4. The standard InChI is InChI=1S/C15H18N5.C13H14N5O2S.C13H12N3O.C11H12N5.2C10H8N5.4Al.2Ga/c1-3-19(4-2)10-13-11-20-15(16-13)17-14(18-20)12-8-6-5-7-9-12;1-9-15-13-16-11(8-14-21(2,19)20)12(18(13)17-9)10-6-4-3-5-7-10;1-17-9-11-7-16-8-12(15-13(16)14-11)10-5-3-2-4-6-10;1-7-4-9(3)16(14-7)10-6-15-5-8(2)12-11(15)13-10;1-7-9(8-4-2-3-5-11-8)14-10-12-6-13-15(7)10;1-7-12-10-13-9(6-15(10)14-7)8-4-2-3-5-11-8;;;;;;/h5-9,11H,3-4,10H2,1-2H3;3-7,14H,8H2,1-2H3;2-8H,9H2,1H3;4-6H,1-3H3;2*2-6H,1H3;;;;;;/q6*-1;6*+3. The van der Waals surface area contributed by atoms with Crippen LogP contribution in [0.4, 0.5) is 0 Å². The van der Waals surface area contributed by atoms with Gasteiger partial charge in [-0.05, 0) is 156 Å². The summed E-state index contributed by atoms with van der Waals surface area (Å²) in [7, 11) is -1.63. The molecule has 15 heterocycles. The molecule has 0 fully saturated rings. The average molecular weight is 1660 g/mol. The molecule has 0 atom stereocenters. The molecule has 1 N–H and O–H groups in total. The number of fused-ring (bicyclic) bond motifs is 6. The van der Waals surface area contributed by atoms with E-state index in [9.17, 15) is 8.42 Å². The van der Waals surface area contributed by atoms with E-state index in [4.69, 9.17) is 4.74 Å². The summed E-state index contributed by atoms with van der Waals surface area (Å²) in [6, 6.07) is 43.1. The van der Waals surface area contributed by atoms with Crippen molar-refractivity contribution in [2.45, 2.75) is 75.1 Å². The van der Waals surface area contributed by atoms with Gasteiger partial charge in [-0.1, -0.05) is 117 Å². The monoisotopic (exact) mass is 1650 g/mol. The number of benzene rings is 3. The minimum absolute atomic E-state index is 0. The molecule has 0 aliphatic rings. The second kappa shape index (κ2) is 40.0. The van der Waals surface area contributed by atoms with Crippen molar-refractivity contribution < 1.29 is 13.2 Å². The van der Waals surface area contributed by atoms with Crippen molar-refractivity contribution in [1.82, 2.24) is 136 Å². The molecule has 110 heavy (non-hydrogen) atoms. The van der Waals surface area contributed by atoms with Gasteiger partial charge >= 0.3 is 109 Å². The number of aromatic nitrogens is 26. The number of sulfonamides is 1. The zero-order valence-electron chi connectivity index (χ0n) is 62.1. The Morgan fingerprint density at radius 1 is 0.518 bits per heavy atom. The first kappa shape index (κ1) is 87.8. The Morgan fingerprint density at radius 3 is 1.71 bits per heavy atom. The number of hydrogen-bond acceptors (Lipinski definition) is 17. The molecule has 38 heteroatoms. The summed E-state index contributed by atoms with van der Waals surface area (Å²) in [4.78, 5) is 62.9. The molecule has 31 nitrogen and oxygen atoms in total. The fourth-order valence-electron chi connectivity index (χ4n) is 11.2. The number of nitrogens with zero attached hydrogens (tertiary/aromatic N) is 27. The fraction of sp³-hybridized carbons (Fsp3) is 0.208. The molecule has 18 rings (SSSR count). The summed E-state index contributed by atoms with van der Waals surface area (Å²) < 4.78 is 42.5. The van der Waals surface area contributed by atoms with Crippen LogP contribution in [0.1, 0.15) is 65.4 Å². The van der Waals surface area contributed by atoms with Crippen LogP contribution in [-0.4, -0.2) is 246 Å². The Balaban J connectivity index is 0.000000182. The minimum atomic E-state index is -3.29. The van der Waals surface area contributed by atoms with Crippen LogP contribution >= 0.6 is 0 Å². The van der Waals surface area contributed by atoms with E-state index in [0.717, 1.165) is 140 Å². The Hall–Kier alpha value is -9.38. The van der Waals surface area contributed by atoms with Crippen LogP contribution in [0, 0.1) is 41.5 Å². The van der Waals surface area contributed by atoms with E-state index in [0.29, 0.717) is 41.2 Å². The molecule has 530 valence electrons. The number of hydrogen-bond donors (Lipinski definition) is 1. The molecule has 0 saturated heterocycles. The third-order valence-electron chi connectivity index (χ3n) is 16.0. The molecule has 0 amide bonds. The van der Waals surface area contributed by atoms with Gasteiger partial charge in [-0.25, -0.2) is 18.2 Å². The Kier molecular flexibility index (Phi) is 32.0. The molecule has 0 aliphatic heterocycles. The summed E-state index contributed by atoms with van der Waals surface area (Å²) in [5, 5.41) is 21.5. The number of aryl methyl sites for hydroxylation is 6. The molecule has 18 aromatic rings. The number of pyridine rings is 2. The molecule has 0 radical (unpaired) electrons. The molecule has 0 unspecified atom stereocenters. The summed E-state index contributed by atoms with van der Waals surface area (Å²) in [5.74, 6) is 6.71. The SMILES string of the molecule is CCN(CC)Cc1cn2nc(-c3ccccc3)[n-]c2n1.COCc1cn2cc(-c3ccccc3)[n-]c2n1.Cc1c(-c2ccccn2)nc2[n-]cnn12.Cc1cn2cc(-n3nc(C)cc3C)[n-]c2n1.Cc1nn2c(-c3ccccc3)c(CNS(C)(=O)=O)nc2[n-]1.Cc1nn2cc(-c3ccccn3)nc2[n-]1.[Al+3].[Al+3].[Al+3].[Al+3].[Ga+3].[Ga+3].